The van der Waals surface area contributed by atoms with Gasteiger partial charge in [-0.25, -0.2) is 0 Å². The number of hydrogen-bond donors (Lipinski definition) is 2. The van der Waals surface area contributed by atoms with Crippen molar-refractivity contribution in [3.05, 3.63) is 71.0 Å². The Hall–Kier alpha value is -2.56. The van der Waals surface area contributed by atoms with Crippen LogP contribution in [-0.2, 0) is 20.3 Å². The molecule has 0 unspecified atom stereocenters. The zero-order valence-corrected chi connectivity index (χ0v) is 25.4. The largest absolute Gasteiger partial charge is 0.373 e. The van der Waals surface area contributed by atoms with Gasteiger partial charge in [-0.1, -0.05) is 91.6 Å². The van der Waals surface area contributed by atoms with E-state index >= 15 is 0 Å². The molecular weight excluding hydrogens is 492 g/mol. The molecule has 216 valence electrons. The molecular formula is C36H50N2O2. The summed E-state index contributed by atoms with van der Waals surface area (Å²) in [6, 6.07) is 16.0. The Morgan fingerprint density at radius 1 is 0.675 bits per heavy atom. The molecule has 0 saturated heterocycles. The third-order valence-corrected chi connectivity index (χ3v) is 8.82. The second-order valence-corrected chi connectivity index (χ2v) is 13.6. The lowest BCUT2D eigenvalue weighted by atomic mass is 9.63. The Balaban J connectivity index is 0.000000181. The van der Waals surface area contributed by atoms with Crippen molar-refractivity contribution in [2.75, 3.05) is 13.2 Å². The minimum absolute atomic E-state index is 0.103. The van der Waals surface area contributed by atoms with E-state index in [1.807, 2.05) is 64.1 Å². The summed E-state index contributed by atoms with van der Waals surface area (Å²) in [4.78, 5) is 6.80. The van der Waals surface area contributed by atoms with Gasteiger partial charge >= 0.3 is 0 Å². The van der Waals surface area contributed by atoms with Crippen molar-refractivity contribution in [3.8, 4) is 0 Å². The van der Waals surface area contributed by atoms with E-state index in [9.17, 15) is 0 Å². The third-order valence-electron chi connectivity index (χ3n) is 8.82. The highest BCUT2D eigenvalue weighted by molar-refractivity contribution is 5.87. The molecule has 4 heteroatoms. The highest BCUT2D eigenvalue weighted by atomic mass is 16.5. The molecule has 4 atom stereocenters. The molecule has 4 nitrogen and oxygen atoms in total. The van der Waals surface area contributed by atoms with E-state index < -0.39 is 24.5 Å². The predicted molar refractivity (Wildman–Crippen MR) is 168 cm³/mol. The standard InChI is InChI=1S/2C18H25NO/c2*1-6-20-16-14-12-9-7-8-10-13(12)19-15(14)17(2,3)11-18(16,4)5/h2*7-10,16,19H,6,11H2,1-5H3/t2*16-/m10/s1/i2*2D3/t16-,17+;16-,17-. The molecule has 40 heavy (non-hydrogen) atoms. The van der Waals surface area contributed by atoms with Crippen molar-refractivity contribution < 1.29 is 17.7 Å². The number of hydrogen-bond acceptors (Lipinski definition) is 2. The van der Waals surface area contributed by atoms with E-state index in [0.717, 1.165) is 44.3 Å². The van der Waals surface area contributed by atoms with Gasteiger partial charge in [-0.3, -0.25) is 0 Å². The molecule has 0 bridgehead atoms. The molecule has 2 aliphatic carbocycles. The number of H-pyrrole nitrogens is 2. The second-order valence-electron chi connectivity index (χ2n) is 13.6. The SMILES string of the molecule is [2H]C([2H])([2H])[C@]1(C)CC(C)(C)[C@@H](OCC)c2c1[nH]c1ccccc21.[2H]C([2H])([2H])[C@]1(C)CC(C)(C)[C@H](OCC)c2c1[nH]c1ccccc21. The van der Waals surface area contributed by atoms with Gasteiger partial charge in [0.25, 0.3) is 0 Å². The number of benzene rings is 2. The van der Waals surface area contributed by atoms with Crippen molar-refractivity contribution in [2.45, 2.75) is 105 Å². The van der Waals surface area contributed by atoms with Crippen LogP contribution in [-0.4, -0.2) is 23.2 Å². The van der Waals surface area contributed by atoms with E-state index in [-0.39, 0.29) is 23.0 Å². The summed E-state index contributed by atoms with van der Waals surface area (Å²) >= 11 is 0. The van der Waals surface area contributed by atoms with Crippen LogP contribution in [0.4, 0.5) is 0 Å². The smallest absolute Gasteiger partial charge is 0.0899 e. The Morgan fingerprint density at radius 3 is 1.40 bits per heavy atom. The van der Waals surface area contributed by atoms with E-state index in [1.165, 1.54) is 0 Å². The first-order valence-electron chi connectivity index (χ1n) is 17.7. The van der Waals surface area contributed by atoms with Gasteiger partial charge in [-0.05, 0) is 49.7 Å². The summed E-state index contributed by atoms with van der Waals surface area (Å²) in [6.07, 6.45) is 0.908. The molecule has 0 amide bonds. The van der Waals surface area contributed by atoms with Crippen LogP contribution in [0, 0.1) is 10.8 Å². The number of aromatic amines is 2. The lowest BCUT2D eigenvalue weighted by Crippen LogP contribution is -2.39. The minimum Gasteiger partial charge on any atom is -0.373 e. The lowest BCUT2D eigenvalue weighted by Gasteiger charge is -2.46. The average Bonchev–Trinajstić information content (AvgIpc) is 3.52. The highest BCUT2D eigenvalue weighted by Gasteiger charge is 2.47. The first kappa shape index (κ1) is 22.1. The molecule has 0 fully saturated rings. The first-order chi connectivity index (χ1) is 21.2. The van der Waals surface area contributed by atoms with Crippen molar-refractivity contribution in [2.24, 2.45) is 10.8 Å². The van der Waals surface area contributed by atoms with Crippen LogP contribution >= 0.6 is 0 Å². The first-order valence-corrected chi connectivity index (χ1v) is 14.7. The molecule has 2 aromatic heterocycles. The monoisotopic (exact) mass is 548 g/mol. The fourth-order valence-corrected chi connectivity index (χ4v) is 7.66. The maximum Gasteiger partial charge on any atom is 0.0899 e. The lowest BCUT2D eigenvalue weighted by molar-refractivity contribution is -0.0440. The van der Waals surface area contributed by atoms with Crippen molar-refractivity contribution in [1.29, 1.82) is 0 Å². The van der Waals surface area contributed by atoms with Gasteiger partial charge in [-0.15, -0.1) is 0 Å². The van der Waals surface area contributed by atoms with Gasteiger partial charge in [0.05, 0.1) is 12.2 Å². The Morgan fingerprint density at radius 2 is 1.05 bits per heavy atom. The van der Waals surface area contributed by atoms with Gasteiger partial charge in [0, 0.05) is 76.6 Å². The molecule has 2 aromatic carbocycles. The maximum atomic E-state index is 8.14. The van der Waals surface area contributed by atoms with E-state index in [4.69, 9.17) is 17.7 Å². The van der Waals surface area contributed by atoms with Crippen LogP contribution in [0.1, 0.15) is 125 Å². The molecule has 0 spiro atoms. The van der Waals surface area contributed by atoms with Crippen LogP contribution in [0.3, 0.4) is 0 Å². The molecule has 2 N–H and O–H groups in total. The van der Waals surface area contributed by atoms with Gasteiger partial charge in [0.2, 0.25) is 0 Å². The average molecular weight is 549 g/mol. The van der Waals surface area contributed by atoms with Crippen LogP contribution in [0.25, 0.3) is 21.8 Å². The van der Waals surface area contributed by atoms with E-state index in [0.29, 0.717) is 26.1 Å². The zero-order chi connectivity index (χ0) is 34.1. The fourth-order valence-electron chi connectivity index (χ4n) is 7.66. The molecule has 2 heterocycles. The normalized spacial score (nSPS) is 31.4. The summed E-state index contributed by atoms with van der Waals surface area (Å²) in [6.45, 7) is 13.2. The van der Waals surface area contributed by atoms with Crippen molar-refractivity contribution in [3.63, 3.8) is 0 Å². The number of ether oxygens (including phenoxy) is 2. The quantitative estimate of drug-likeness (QED) is 0.267. The zero-order valence-electron chi connectivity index (χ0n) is 31.4. The molecule has 2 aliphatic rings. The Kier molecular flexibility index (Phi) is 5.56. The van der Waals surface area contributed by atoms with Gasteiger partial charge in [-0.2, -0.15) is 0 Å². The highest BCUT2D eigenvalue weighted by Crippen LogP contribution is 2.56. The number of fused-ring (bicyclic) bond motifs is 6. The summed E-state index contributed by atoms with van der Waals surface area (Å²) in [5.41, 5.74) is 3.33. The third kappa shape index (κ3) is 4.81. The number of rotatable bonds is 4. The summed E-state index contributed by atoms with van der Waals surface area (Å²) < 4.78 is 61.1. The number of aromatic nitrogens is 2. The number of para-hydroxylation sites is 2. The van der Waals surface area contributed by atoms with Crippen molar-refractivity contribution >= 4 is 21.8 Å². The molecule has 0 saturated carbocycles. The van der Waals surface area contributed by atoms with Gasteiger partial charge < -0.3 is 19.4 Å². The molecule has 0 aliphatic heterocycles. The summed E-state index contributed by atoms with van der Waals surface area (Å²) in [7, 11) is 0. The van der Waals surface area contributed by atoms with Crippen LogP contribution in [0.15, 0.2) is 48.5 Å². The van der Waals surface area contributed by atoms with Crippen LogP contribution in [0.2, 0.25) is 0 Å². The van der Waals surface area contributed by atoms with Gasteiger partial charge in [0.15, 0.2) is 0 Å². The molecule has 6 rings (SSSR count). The predicted octanol–water partition coefficient (Wildman–Crippen LogP) is 9.91. The maximum absolute atomic E-state index is 8.14. The fraction of sp³-hybridized carbons (Fsp3) is 0.556. The van der Waals surface area contributed by atoms with Crippen molar-refractivity contribution in [1.82, 2.24) is 9.97 Å². The summed E-state index contributed by atoms with van der Waals surface area (Å²) in [5, 5.41) is 2.15. The Labute approximate surface area is 249 Å². The summed E-state index contributed by atoms with van der Waals surface area (Å²) in [5.74, 6) is 0. The minimum atomic E-state index is -2.07. The van der Waals surface area contributed by atoms with Gasteiger partial charge in [0.1, 0.15) is 0 Å². The Bertz CT molecular complexity index is 1590. The molecule has 4 aromatic rings. The topological polar surface area (TPSA) is 50.0 Å². The van der Waals surface area contributed by atoms with Crippen LogP contribution < -0.4 is 0 Å². The van der Waals surface area contributed by atoms with Crippen LogP contribution in [0.5, 0.6) is 0 Å². The molecule has 0 radical (unpaired) electrons. The van der Waals surface area contributed by atoms with E-state index in [2.05, 4.69) is 49.8 Å². The second kappa shape index (κ2) is 10.1. The number of nitrogens with one attached hydrogen (secondary N) is 2. The van der Waals surface area contributed by atoms with E-state index in [1.54, 1.807) is 0 Å².